The van der Waals surface area contributed by atoms with Gasteiger partial charge in [-0.2, -0.15) is 0 Å². The first-order valence-corrected chi connectivity index (χ1v) is 12.9. The predicted octanol–water partition coefficient (Wildman–Crippen LogP) is 2.92. The summed E-state index contributed by atoms with van der Waals surface area (Å²) in [5.41, 5.74) is 0.650. The second-order valence-corrected chi connectivity index (χ2v) is 10.4. The van der Waals surface area contributed by atoms with Gasteiger partial charge in [-0.15, -0.1) is 6.58 Å². The number of hydrogen-bond acceptors (Lipinski definition) is 6. The Morgan fingerprint density at radius 3 is 2.67 bits per heavy atom. The molecule has 0 aliphatic carbocycles. The maximum absolute atomic E-state index is 14.5. The summed E-state index contributed by atoms with van der Waals surface area (Å²) in [5.74, 6) is -2.71. The zero-order chi connectivity index (χ0) is 26.4. The van der Waals surface area contributed by atoms with E-state index in [1.165, 1.54) is 4.90 Å². The Morgan fingerprint density at radius 1 is 1.33 bits per heavy atom. The molecule has 3 aliphatic heterocycles. The fraction of sp³-hybridized carbons (Fsp3) is 0.607. The highest BCUT2D eigenvalue weighted by Crippen LogP contribution is 2.64. The minimum atomic E-state index is -1.16. The van der Waals surface area contributed by atoms with Gasteiger partial charge in [0.25, 0.3) is 5.91 Å². The van der Waals surface area contributed by atoms with E-state index in [2.05, 4.69) is 6.58 Å². The summed E-state index contributed by atoms with van der Waals surface area (Å²) >= 11 is 0. The molecule has 0 aromatic heterocycles. The van der Waals surface area contributed by atoms with Crippen molar-refractivity contribution < 1.29 is 29.0 Å². The molecule has 1 aromatic carbocycles. The Labute approximate surface area is 213 Å². The first kappa shape index (κ1) is 26.4. The molecule has 0 saturated carbocycles. The van der Waals surface area contributed by atoms with E-state index in [4.69, 9.17) is 9.47 Å². The quantitative estimate of drug-likeness (QED) is 0.416. The van der Waals surface area contributed by atoms with Gasteiger partial charge in [-0.25, -0.2) is 0 Å². The number of fused-ring (bicyclic) bond motifs is 1. The van der Waals surface area contributed by atoms with Crippen molar-refractivity contribution >= 4 is 23.5 Å². The molecule has 1 N–H and O–H groups in total. The Kier molecular flexibility index (Phi) is 7.05. The van der Waals surface area contributed by atoms with Crippen LogP contribution in [-0.4, -0.2) is 70.8 Å². The van der Waals surface area contributed by atoms with Crippen molar-refractivity contribution in [1.29, 1.82) is 0 Å². The van der Waals surface area contributed by atoms with E-state index in [1.807, 2.05) is 39.0 Å². The molecule has 4 rings (SSSR count). The molecule has 2 unspecified atom stereocenters. The minimum Gasteiger partial charge on any atom is -0.466 e. The number of ether oxygens (including phenoxy) is 2. The van der Waals surface area contributed by atoms with Gasteiger partial charge in [-0.1, -0.05) is 25.1 Å². The van der Waals surface area contributed by atoms with Crippen molar-refractivity contribution in [3.63, 3.8) is 0 Å². The lowest BCUT2D eigenvalue weighted by Crippen LogP contribution is -2.58. The Balaban J connectivity index is 1.87. The van der Waals surface area contributed by atoms with Crippen LogP contribution in [0.1, 0.15) is 51.2 Å². The molecule has 3 aliphatic rings. The van der Waals surface area contributed by atoms with E-state index >= 15 is 0 Å². The predicted molar refractivity (Wildman–Crippen MR) is 135 cm³/mol. The number of benzene rings is 1. The van der Waals surface area contributed by atoms with Crippen LogP contribution in [0.3, 0.4) is 0 Å². The van der Waals surface area contributed by atoms with Gasteiger partial charge in [0, 0.05) is 12.2 Å². The second-order valence-electron chi connectivity index (χ2n) is 10.4. The van der Waals surface area contributed by atoms with Crippen LogP contribution >= 0.6 is 0 Å². The fourth-order valence-electron chi connectivity index (χ4n) is 6.68. The molecule has 2 amide bonds. The topological polar surface area (TPSA) is 96.4 Å². The van der Waals surface area contributed by atoms with Crippen LogP contribution in [-0.2, 0) is 23.9 Å². The first-order chi connectivity index (χ1) is 17.1. The molecular formula is C28H38N2O6. The van der Waals surface area contributed by atoms with Crippen LogP contribution in [0.4, 0.5) is 5.69 Å². The van der Waals surface area contributed by atoms with Gasteiger partial charge >= 0.3 is 5.97 Å². The van der Waals surface area contributed by atoms with E-state index in [9.17, 15) is 19.5 Å². The third-order valence-corrected chi connectivity index (χ3v) is 8.37. The van der Waals surface area contributed by atoms with Gasteiger partial charge in [-0.05, 0) is 64.2 Å². The summed E-state index contributed by atoms with van der Waals surface area (Å²) < 4.78 is 12.1. The van der Waals surface area contributed by atoms with E-state index in [0.29, 0.717) is 19.3 Å². The number of carbonyl (C=O) groups is 3. The molecule has 8 heteroatoms. The van der Waals surface area contributed by atoms with Crippen LogP contribution in [0.5, 0.6) is 0 Å². The number of aryl methyl sites for hydroxylation is 2. The highest BCUT2D eigenvalue weighted by atomic mass is 16.6. The average Bonchev–Trinajstić information content (AvgIpc) is 3.47. The lowest BCUT2D eigenvalue weighted by atomic mass is 9.65. The molecule has 1 spiro atoms. The van der Waals surface area contributed by atoms with E-state index < -0.39 is 41.1 Å². The maximum Gasteiger partial charge on any atom is 0.312 e. The summed E-state index contributed by atoms with van der Waals surface area (Å²) in [5, 5.41) is 10.1. The third kappa shape index (κ3) is 3.68. The van der Waals surface area contributed by atoms with Gasteiger partial charge in [0.15, 0.2) is 0 Å². The van der Waals surface area contributed by atoms with E-state index in [-0.39, 0.29) is 31.6 Å². The number of rotatable bonds is 9. The monoisotopic (exact) mass is 498 g/mol. The molecule has 3 fully saturated rings. The number of aliphatic hydroxyl groups excluding tert-OH is 1. The summed E-state index contributed by atoms with van der Waals surface area (Å²) in [6.07, 6.45) is 3.24. The molecule has 1 aromatic rings. The van der Waals surface area contributed by atoms with Gasteiger partial charge in [0.05, 0.1) is 30.8 Å². The zero-order valence-electron chi connectivity index (χ0n) is 22.0. The number of anilines is 1. The van der Waals surface area contributed by atoms with Gasteiger partial charge in [-0.3, -0.25) is 14.4 Å². The van der Waals surface area contributed by atoms with Crippen molar-refractivity contribution in [2.24, 2.45) is 11.8 Å². The van der Waals surface area contributed by atoms with Crippen LogP contribution in [0, 0.1) is 25.7 Å². The second kappa shape index (κ2) is 9.63. The molecule has 3 saturated heterocycles. The number of likely N-dealkylation sites (tertiary alicyclic amines) is 1. The number of esters is 1. The molecule has 0 radical (unpaired) electrons. The van der Waals surface area contributed by atoms with Crippen molar-refractivity contribution in [2.75, 3.05) is 24.7 Å². The van der Waals surface area contributed by atoms with E-state index in [0.717, 1.165) is 16.8 Å². The fourth-order valence-corrected chi connectivity index (χ4v) is 6.68. The van der Waals surface area contributed by atoms with Crippen molar-refractivity contribution in [3.8, 4) is 0 Å². The van der Waals surface area contributed by atoms with E-state index in [1.54, 1.807) is 24.8 Å². The number of aliphatic hydroxyl groups is 1. The van der Waals surface area contributed by atoms with Crippen LogP contribution < -0.4 is 4.90 Å². The lowest BCUT2D eigenvalue weighted by molar-refractivity contribution is -0.161. The molecule has 36 heavy (non-hydrogen) atoms. The van der Waals surface area contributed by atoms with Crippen LogP contribution in [0.25, 0.3) is 0 Å². The largest absolute Gasteiger partial charge is 0.466 e. The van der Waals surface area contributed by atoms with Crippen LogP contribution in [0.2, 0.25) is 0 Å². The highest BCUT2D eigenvalue weighted by molar-refractivity contribution is 6.05. The summed E-state index contributed by atoms with van der Waals surface area (Å²) in [6, 6.07) is 4.29. The van der Waals surface area contributed by atoms with Crippen molar-refractivity contribution in [1.82, 2.24) is 4.90 Å². The Morgan fingerprint density at radius 2 is 2.06 bits per heavy atom. The van der Waals surface area contributed by atoms with Crippen molar-refractivity contribution in [3.05, 3.63) is 42.0 Å². The molecule has 3 heterocycles. The number of amides is 2. The summed E-state index contributed by atoms with van der Waals surface area (Å²) in [6.45, 7) is 13.3. The van der Waals surface area contributed by atoms with Crippen LogP contribution in [0.15, 0.2) is 30.9 Å². The SMILES string of the molecule is C=CCN(C(=O)C1N([C@H](C)CO)C(=O)[C@@H]2[C@@H](C(=O)OCC)[C@@]3(CC)CCC12O3)c1cc(C)ccc1C. The molecule has 2 bridgehead atoms. The van der Waals surface area contributed by atoms with Gasteiger partial charge in [0.1, 0.15) is 17.6 Å². The molecular weight excluding hydrogens is 460 g/mol. The smallest absolute Gasteiger partial charge is 0.312 e. The van der Waals surface area contributed by atoms with Crippen molar-refractivity contribution in [2.45, 2.75) is 77.2 Å². The Hall–Kier alpha value is -2.71. The number of nitrogens with zero attached hydrogens (tertiary/aromatic N) is 2. The first-order valence-electron chi connectivity index (χ1n) is 12.9. The highest BCUT2D eigenvalue weighted by Gasteiger charge is 2.79. The normalized spacial score (nSPS) is 31.3. The average molecular weight is 499 g/mol. The number of carbonyl (C=O) groups excluding carboxylic acids is 3. The third-order valence-electron chi connectivity index (χ3n) is 8.37. The molecule has 196 valence electrons. The summed E-state index contributed by atoms with van der Waals surface area (Å²) in [7, 11) is 0. The Bertz CT molecular complexity index is 1070. The zero-order valence-corrected chi connectivity index (χ0v) is 22.0. The minimum absolute atomic E-state index is 0.196. The van der Waals surface area contributed by atoms with Gasteiger partial charge in [0.2, 0.25) is 5.91 Å². The molecule has 8 nitrogen and oxygen atoms in total. The maximum atomic E-state index is 14.5. The standard InChI is InChI=1S/C28H38N2O6/c1-7-14-29(20-15-17(4)10-11-18(20)5)25(33)23-28-13-12-27(8-2,36-28)22(26(34)35-9-3)21(28)24(32)30(23)19(6)16-31/h7,10-11,15,19,21-23,31H,1,8-9,12-14,16H2,2-6H3/t19-,21+,22+,23?,27-,28?/m1/s1. The lowest BCUT2D eigenvalue weighted by Gasteiger charge is -2.39. The summed E-state index contributed by atoms with van der Waals surface area (Å²) in [4.78, 5) is 44.9. The number of hydrogen-bond donors (Lipinski definition) is 1. The molecule has 6 atom stereocenters. The van der Waals surface area contributed by atoms with Gasteiger partial charge < -0.3 is 24.4 Å².